The standard InChI is InChI=1S/C13H12F3N3O2S/c1-19(9-13(14,15)16)22(20,21)12-4-2-3-10(7-12)11-5-6-17-18-8-11/h2-8H,9H2,1H3. The molecule has 0 N–H and O–H groups in total. The van der Waals surface area contributed by atoms with Crippen LogP contribution < -0.4 is 0 Å². The summed E-state index contributed by atoms with van der Waals surface area (Å²) < 4.78 is 61.8. The van der Waals surface area contributed by atoms with Gasteiger partial charge in [-0.25, -0.2) is 8.42 Å². The van der Waals surface area contributed by atoms with Crippen LogP contribution in [0.15, 0.2) is 47.6 Å². The number of aromatic nitrogens is 2. The molecule has 0 saturated carbocycles. The van der Waals surface area contributed by atoms with Crippen LogP contribution in [-0.4, -0.2) is 42.7 Å². The van der Waals surface area contributed by atoms with E-state index in [1.807, 2.05) is 0 Å². The summed E-state index contributed by atoms with van der Waals surface area (Å²) in [6.07, 6.45) is -1.73. The molecule has 0 aliphatic rings. The molecule has 0 aliphatic heterocycles. The van der Waals surface area contributed by atoms with Crippen molar-refractivity contribution in [3.05, 3.63) is 42.7 Å². The van der Waals surface area contributed by atoms with E-state index >= 15 is 0 Å². The smallest absolute Gasteiger partial charge is 0.207 e. The zero-order valence-corrected chi connectivity index (χ0v) is 12.3. The summed E-state index contributed by atoms with van der Waals surface area (Å²) in [6, 6.07) is 7.28. The number of nitrogens with zero attached hydrogens (tertiary/aromatic N) is 3. The maximum atomic E-state index is 12.4. The molecule has 22 heavy (non-hydrogen) atoms. The Hall–Kier alpha value is -2.00. The molecule has 118 valence electrons. The summed E-state index contributed by atoms with van der Waals surface area (Å²) in [5, 5.41) is 7.29. The molecule has 0 unspecified atom stereocenters. The van der Waals surface area contributed by atoms with Crippen LogP contribution in [0.1, 0.15) is 0 Å². The van der Waals surface area contributed by atoms with Crippen molar-refractivity contribution < 1.29 is 21.6 Å². The summed E-state index contributed by atoms with van der Waals surface area (Å²) in [5.74, 6) is 0. The lowest BCUT2D eigenvalue weighted by Gasteiger charge is -2.19. The molecule has 2 aromatic rings. The van der Waals surface area contributed by atoms with Gasteiger partial charge < -0.3 is 0 Å². The van der Waals surface area contributed by atoms with E-state index in [4.69, 9.17) is 0 Å². The molecule has 0 amide bonds. The van der Waals surface area contributed by atoms with Crippen molar-refractivity contribution in [1.82, 2.24) is 14.5 Å². The van der Waals surface area contributed by atoms with Crippen molar-refractivity contribution >= 4 is 10.0 Å². The quantitative estimate of drug-likeness (QED) is 0.862. The van der Waals surface area contributed by atoms with Crippen LogP contribution >= 0.6 is 0 Å². The van der Waals surface area contributed by atoms with Gasteiger partial charge in [0.05, 0.1) is 17.3 Å². The Morgan fingerprint density at radius 1 is 1.14 bits per heavy atom. The van der Waals surface area contributed by atoms with E-state index in [0.29, 0.717) is 11.1 Å². The molecule has 0 spiro atoms. The third-order valence-corrected chi connectivity index (χ3v) is 4.66. The molecule has 1 aromatic heterocycles. The molecule has 0 radical (unpaired) electrons. The van der Waals surface area contributed by atoms with E-state index in [1.165, 1.54) is 30.6 Å². The van der Waals surface area contributed by atoms with E-state index in [-0.39, 0.29) is 9.20 Å². The summed E-state index contributed by atoms with van der Waals surface area (Å²) in [5.41, 5.74) is 1.14. The Labute approximate surface area is 125 Å². The highest BCUT2D eigenvalue weighted by atomic mass is 32.2. The summed E-state index contributed by atoms with van der Waals surface area (Å²) >= 11 is 0. The normalized spacial score (nSPS) is 12.6. The number of rotatable bonds is 4. The van der Waals surface area contributed by atoms with Gasteiger partial charge in [0, 0.05) is 12.6 Å². The second-order valence-electron chi connectivity index (χ2n) is 4.54. The minimum atomic E-state index is -4.60. The lowest BCUT2D eigenvalue weighted by Crippen LogP contribution is -2.35. The van der Waals surface area contributed by atoms with Crippen molar-refractivity contribution in [2.45, 2.75) is 11.1 Å². The first-order valence-corrected chi connectivity index (χ1v) is 7.54. The predicted octanol–water partition coefficient (Wildman–Crippen LogP) is 2.33. The van der Waals surface area contributed by atoms with Crippen molar-refractivity contribution in [1.29, 1.82) is 0 Å². The molecular formula is C13H12F3N3O2S. The lowest BCUT2D eigenvalue weighted by molar-refractivity contribution is -0.134. The van der Waals surface area contributed by atoms with E-state index in [0.717, 1.165) is 7.05 Å². The number of hydrogen-bond donors (Lipinski definition) is 0. The Morgan fingerprint density at radius 3 is 2.45 bits per heavy atom. The van der Waals surface area contributed by atoms with Crippen molar-refractivity contribution in [2.75, 3.05) is 13.6 Å². The fraction of sp³-hybridized carbons (Fsp3) is 0.231. The third kappa shape index (κ3) is 3.80. The third-order valence-electron chi connectivity index (χ3n) is 2.86. The predicted molar refractivity (Wildman–Crippen MR) is 73.3 cm³/mol. The van der Waals surface area contributed by atoms with Gasteiger partial charge in [-0.15, -0.1) is 0 Å². The lowest BCUT2D eigenvalue weighted by atomic mass is 10.1. The number of alkyl halides is 3. The maximum absolute atomic E-state index is 12.4. The van der Waals surface area contributed by atoms with E-state index in [1.54, 1.807) is 12.1 Å². The van der Waals surface area contributed by atoms with Crippen LogP contribution in [0, 0.1) is 0 Å². The first-order chi connectivity index (χ1) is 10.2. The second kappa shape index (κ2) is 6.01. The molecule has 5 nitrogen and oxygen atoms in total. The van der Waals surface area contributed by atoms with Gasteiger partial charge in [-0.2, -0.15) is 27.7 Å². The van der Waals surface area contributed by atoms with Gasteiger partial charge >= 0.3 is 6.18 Å². The fourth-order valence-corrected chi connectivity index (χ4v) is 3.02. The summed E-state index contributed by atoms with van der Waals surface area (Å²) in [6.45, 7) is -1.55. The van der Waals surface area contributed by atoms with Crippen LogP contribution in [0.3, 0.4) is 0 Å². The van der Waals surface area contributed by atoms with Gasteiger partial charge in [0.2, 0.25) is 10.0 Å². The molecule has 1 aromatic carbocycles. The van der Waals surface area contributed by atoms with Crippen LogP contribution in [0.2, 0.25) is 0 Å². The summed E-state index contributed by atoms with van der Waals surface area (Å²) in [7, 11) is -3.33. The minimum Gasteiger partial charge on any atom is -0.207 e. The topological polar surface area (TPSA) is 63.2 Å². The number of hydrogen-bond acceptors (Lipinski definition) is 4. The van der Waals surface area contributed by atoms with Crippen molar-refractivity contribution in [3.63, 3.8) is 0 Å². The molecular weight excluding hydrogens is 319 g/mol. The van der Waals surface area contributed by atoms with Gasteiger partial charge in [0.25, 0.3) is 0 Å². The average molecular weight is 331 g/mol. The zero-order valence-electron chi connectivity index (χ0n) is 11.4. The highest BCUT2D eigenvalue weighted by molar-refractivity contribution is 7.89. The zero-order chi connectivity index (χ0) is 16.4. The van der Waals surface area contributed by atoms with Gasteiger partial charge in [-0.3, -0.25) is 0 Å². The molecule has 2 rings (SSSR count). The first kappa shape index (κ1) is 16.4. The SMILES string of the molecule is CN(CC(F)(F)F)S(=O)(=O)c1cccc(-c2ccnnc2)c1. The molecule has 1 heterocycles. The van der Waals surface area contributed by atoms with Crippen LogP contribution in [-0.2, 0) is 10.0 Å². The van der Waals surface area contributed by atoms with E-state index in [2.05, 4.69) is 10.2 Å². The molecule has 0 atom stereocenters. The Balaban J connectivity index is 2.37. The highest BCUT2D eigenvalue weighted by Gasteiger charge is 2.34. The van der Waals surface area contributed by atoms with Gasteiger partial charge in [0.15, 0.2) is 0 Å². The maximum Gasteiger partial charge on any atom is 0.402 e. The van der Waals surface area contributed by atoms with Gasteiger partial charge in [0.1, 0.15) is 6.54 Å². The summed E-state index contributed by atoms with van der Waals surface area (Å²) in [4.78, 5) is -0.214. The van der Waals surface area contributed by atoms with Gasteiger partial charge in [-0.1, -0.05) is 12.1 Å². The Bertz CT molecular complexity index is 749. The molecule has 0 saturated heterocycles. The molecule has 0 aliphatic carbocycles. The number of sulfonamides is 1. The Kier molecular flexibility index (Phi) is 4.47. The minimum absolute atomic E-state index is 0.214. The Morgan fingerprint density at radius 2 is 1.86 bits per heavy atom. The van der Waals surface area contributed by atoms with Crippen molar-refractivity contribution in [3.8, 4) is 11.1 Å². The molecule has 0 fully saturated rings. The van der Waals surface area contributed by atoms with E-state index in [9.17, 15) is 21.6 Å². The van der Waals surface area contributed by atoms with Crippen LogP contribution in [0.5, 0.6) is 0 Å². The van der Waals surface area contributed by atoms with E-state index < -0.39 is 22.7 Å². The second-order valence-corrected chi connectivity index (χ2v) is 6.58. The van der Waals surface area contributed by atoms with Crippen molar-refractivity contribution in [2.24, 2.45) is 0 Å². The first-order valence-electron chi connectivity index (χ1n) is 6.10. The van der Waals surface area contributed by atoms with Crippen LogP contribution in [0.25, 0.3) is 11.1 Å². The number of benzene rings is 1. The monoisotopic (exact) mass is 331 g/mol. The van der Waals surface area contributed by atoms with Crippen LogP contribution in [0.4, 0.5) is 13.2 Å². The average Bonchev–Trinajstić information content (AvgIpc) is 2.46. The van der Waals surface area contributed by atoms with Gasteiger partial charge in [-0.05, 0) is 23.8 Å². The highest BCUT2D eigenvalue weighted by Crippen LogP contribution is 2.25. The fourth-order valence-electron chi connectivity index (χ4n) is 1.81. The molecule has 0 bridgehead atoms. The largest absolute Gasteiger partial charge is 0.402 e. The number of halogens is 3. The molecule has 9 heteroatoms.